The van der Waals surface area contributed by atoms with Gasteiger partial charge in [0.05, 0.1) is 0 Å². The molecule has 94 valence electrons. The van der Waals surface area contributed by atoms with Crippen molar-refractivity contribution < 1.29 is 0 Å². The third-order valence-electron chi connectivity index (χ3n) is 3.42. The normalized spacial score (nSPS) is 19.7. The molecule has 0 bridgehead atoms. The molecule has 1 saturated heterocycles. The average Bonchev–Trinajstić information content (AvgIpc) is 2.94. The summed E-state index contributed by atoms with van der Waals surface area (Å²) in [6.07, 6.45) is 6.65. The van der Waals surface area contributed by atoms with Crippen molar-refractivity contribution in [3.8, 4) is 5.69 Å². The first-order chi connectivity index (χ1) is 8.92. The second-order valence-electron chi connectivity index (χ2n) is 4.83. The maximum atomic E-state index is 3.61. The second kappa shape index (κ2) is 5.27. The van der Waals surface area contributed by atoms with E-state index in [2.05, 4.69) is 51.9 Å². The van der Waals surface area contributed by atoms with Gasteiger partial charge in [-0.25, -0.2) is 0 Å². The Morgan fingerprint density at radius 2 is 2.06 bits per heavy atom. The van der Waals surface area contributed by atoms with Crippen LogP contribution in [-0.4, -0.2) is 23.7 Å². The van der Waals surface area contributed by atoms with E-state index in [-0.39, 0.29) is 0 Å². The van der Waals surface area contributed by atoms with E-state index in [4.69, 9.17) is 0 Å². The standard InChI is InChI=1S/C15H19N3/c1-2-10-18(9-1)15-7-3-5-13(11-15)17-14-6-4-8-16-12-14/h1-3,5,7,9-11,14,16-17H,4,6,8,12H2. The average molecular weight is 241 g/mol. The smallest absolute Gasteiger partial charge is 0.0469 e. The summed E-state index contributed by atoms with van der Waals surface area (Å²) in [4.78, 5) is 0. The third-order valence-corrected chi connectivity index (χ3v) is 3.42. The van der Waals surface area contributed by atoms with Gasteiger partial charge in [0.1, 0.15) is 0 Å². The molecule has 2 aromatic rings. The molecule has 0 amide bonds. The van der Waals surface area contributed by atoms with Gasteiger partial charge in [-0.3, -0.25) is 0 Å². The van der Waals surface area contributed by atoms with Crippen molar-refractivity contribution in [2.24, 2.45) is 0 Å². The Balaban J connectivity index is 1.74. The molecule has 0 spiro atoms. The molecular formula is C15H19N3. The lowest BCUT2D eigenvalue weighted by molar-refractivity contribution is 0.480. The summed E-state index contributed by atoms with van der Waals surface area (Å²) in [7, 11) is 0. The van der Waals surface area contributed by atoms with Crippen molar-refractivity contribution in [2.75, 3.05) is 18.4 Å². The molecule has 2 N–H and O–H groups in total. The second-order valence-corrected chi connectivity index (χ2v) is 4.83. The Morgan fingerprint density at radius 1 is 1.17 bits per heavy atom. The molecule has 18 heavy (non-hydrogen) atoms. The van der Waals surface area contributed by atoms with Crippen LogP contribution >= 0.6 is 0 Å². The highest BCUT2D eigenvalue weighted by atomic mass is 15.0. The van der Waals surface area contributed by atoms with Crippen molar-refractivity contribution in [3.63, 3.8) is 0 Å². The van der Waals surface area contributed by atoms with Crippen molar-refractivity contribution in [1.29, 1.82) is 0 Å². The van der Waals surface area contributed by atoms with Crippen molar-refractivity contribution in [3.05, 3.63) is 48.8 Å². The lowest BCUT2D eigenvalue weighted by atomic mass is 10.1. The fourth-order valence-electron chi connectivity index (χ4n) is 2.47. The SMILES string of the molecule is c1cc(NC2CCCNC2)cc(-n2cccc2)c1. The molecule has 1 aromatic heterocycles. The summed E-state index contributed by atoms with van der Waals surface area (Å²) in [5, 5.41) is 7.04. The first kappa shape index (κ1) is 11.4. The molecule has 1 atom stereocenters. The monoisotopic (exact) mass is 241 g/mol. The maximum Gasteiger partial charge on any atom is 0.0469 e. The van der Waals surface area contributed by atoms with Crippen molar-refractivity contribution >= 4 is 5.69 Å². The fraction of sp³-hybridized carbons (Fsp3) is 0.333. The van der Waals surface area contributed by atoms with E-state index in [9.17, 15) is 0 Å². The number of benzene rings is 1. The zero-order valence-electron chi connectivity index (χ0n) is 10.5. The molecule has 1 unspecified atom stereocenters. The number of aromatic nitrogens is 1. The minimum Gasteiger partial charge on any atom is -0.381 e. The molecular weight excluding hydrogens is 222 g/mol. The Kier molecular flexibility index (Phi) is 3.33. The van der Waals surface area contributed by atoms with Gasteiger partial charge in [-0.1, -0.05) is 6.07 Å². The van der Waals surface area contributed by atoms with Crippen molar-refractivity contribution in [2.45, 2.75) is 18.9 Å². The highest BCUT2D eigenvalue weighted by molar-refractivity contribution is 5.52. The molecule has 2 heterocycles. The van der Waals surface area contributed by atoms with Crippen LogP contribution in [0, 0.1) is 0 Å². The quantitative estimate of drug-likeness (QED) is 0.865. The van der Waals surface area contributed by atoms with Gasteiger partial charge in [0.15, 0.2) is 0 Å². The highest BCUT2D eigenvalue weighted by Crippen LogP contribution is 2.17. The minimum absolute atomic E-state index is 0.554. The molecule has 0 radical (unpaired) electrons. The van der Waals surface area contributed by atoms with Gasteiger partial charge in [0, 0.05) is 36.4 Å². The summed E-state index contributed by atoms with van der Waals surface area (Å²) in [6.45, 7) is 2.22. The fourth-order valence-corrected chi connectivity index (χ4v) is 2.47. The lowest BCUT2D eigenvalue weighted by Crippen LogP contribution is -2.38. The predicted molar refractivity (Wildman–Crippen MR) is 75.3 cm³/mol. The van der Waals surface area contributed by atoms with Crippen LogP contribution in [0.15, 0.2) is 48.8 Å². The number of hydrogen-bond acceptors (Lipinski definition) is 2. The molecule has 1 aliphatic heterocycles. The molecule has 0 aliphatic carbocycles. The van der Waals surface area contributed by atoms with Crippen molar-refractivity contribution in [1.82, 2.24) is 9.88 Å². The summed E-state index contributed by atoms with van der Waals surface area (Å²) < 4.78 is 2.13. The lowest BCUT2D eigenvalue weighted by Gasteiger charge is -2.25. The van der Waals surface area contributed by atoms with Crippen LogP contribution in [0.1, 0.15) is 12.8 Å². The summed E-state index contributed by atoms with van der Waals surface area (Å²) >= 11 is 0. The van der Waals surface area contributed by atoms with E-state index < -0.39 is 0 Å². The van der Waals surface area contributed by atoms with Gasteiger partial charge in [-0.2, -0.15) is 0 Å². The van der Waals surface area contributed by atoms with Gasteiger partial charge in [0.2, 0.25) is 0 Å². The summed E-state index contributed by atoms with van der Waals surface area (Å²) in [5.41, 5.74) is 2.41. The van der Waals surface area contributed by atoms with Crippen LogP contribution in [0.2, 0.25) is 0 Å². The Labute approximate surface area is 108 Å². The first-order valence-electron chi connectivity index (χ1n) is 6.62. The number of piperidine rings is 1. The first-order valence-corrected chi connectivity index (χ1v) is 6.62. The molecule has 3 rings (SSSR count). The molecule has 3 heteroatoms. The van der Waals surface area contributed by atoms with Crippen LogP contribution < -0.4 is 10.6 Å². The molecule has 0 saturated carbocycles. The van der Waals surface area contributed by atoms with Gasteiger partial charge in [0.25, 0.3) is 0 Å². The van der Waals surface area contributed by atoms with Gasteiger partial charge in [-0.05, 0) is 49.7 Å². The molecule has 1 aromatic carbocycles. The molecule has 1 fully saturated rings. The van der Waals surface area contributed by atoms with Crippen LogP contribution in [-0.2, 0) is 0 Å². The zero-order valence-corrected chi connectivity index (χ0v) is 10.5. The number of rotatable bonds is 3. The van der Waals surface area contributed by atoms with Gasteiger partial charge in [-0.15, -0.1) is 0 Å². The third kappa shape index (κ3) is 2.57. The van der Waals surface area contributed by atoms with Crippen LogP contribution in [0.25, 0.3) is 5.69 Å². The van der Waals surface area contributed by atoms with Crippen LogP contribution in [0.3, 0.4) is 0 Å². The zero-order chi connectivity index (χ0) is 12.2. The van der Waals surface area contributed by atoms with E-state index in [1.807, 2.05) is 12.1 Å². The highest BCUT2D eigenvalue weighted by Gasteiger charge is 2.12. The van der Waals surface area contributed by atoms with Crippen LogP contribution in [0.4, 0.5) is 5.69 Å². The van der Waals surface area contributed by atoms with E-state index in [1.165, 1.54) is 24.2 Å². The number of nitrogens with zero attached hydrogens (tertiary/aromatic N) is 1. The van der Waals surface area contributed by atoms with Crippen LogP contribution in [0.5, 0.6) is 0 Å². The van der Waals surface area contributed by atoms with E-state index in [0.717, 1.165) is 13.1 Å². The van der Waals surface area contributed by atoms with E-state index in [0.29, 0.717) is 6.04 Å². The Morgan fingerprint density at radius 3 is 2.83 bits per heavy atom. The van der Waals surface area contributed by atoms with Gasteiger partial charge >= 0.3 is 0 Å². The largest absolute Gasteiger partial charge is 0.381 e. The minimum atomic E-state index is 0.554. The maximum absolute atomic E-state index is 3.61. The molecule has 1 aliphatic rings. The van der Waals surface area contributed by atoms with E-state index >= 15 is 0 Å². The number of hydrogen-bond donors (Lipinski definition) is 2. The van der Waals surface area contributed by atoms with Gasteiger partial charge < -0.3 is 15.2 Å². The number of nitrogens with one attached hydrogen (secondary N) is 2. The predicted octanol–water partition coefficient (Wildman–Crippen LogP) is 2.64. The topological polar surface area (TPSA) is 29.0 Å². The Hall–Kier alpha value is -1.74. The number of anilines is 1. The summed E-state index contributed by atoms with van der Waals surface area (Å²) in [6, 6.07) is 13.2. The van der Waals surface area contributed by atoms with E-state index in [1.54, 1.807) is 0 Å². The molecule has 3 nitrogen and oxygen atoms in total. The summed E-state index contributed by atoms with van der Waals surface area (Å²) in [5.74, 6) is 0. The Bertz CT molecular complexity index is 484.